The molecule has 0 fully saturated rings. The molecule has 1 aliphatic rings. The molecule has 0 saturated heterocycles. The van der Waals surface area contributed by atoms with Gasteiger partial charge in [0.2, 0.25) is 0 Å². The largest absolute Gasteiger partial charge is 0.228 e. The highest BCUT2D eigenvalue weighted by molar-refractivity contribution is 5.99. The molecule has 11 rings (SSSR count). The van der Waals surface area contributed by atoms with Gasteiger partial charge in [0, 0.05) is 22.1 Å². The van der Waals surface area contributed by atoms with Gasteiger partial charge < -0.3 is 0 Å². The first kappa shape index (κ1) is 36.4. The van der Waals surface area contributed by atoms with Gasteiger partial charge in [-0.25, -0.2) is 9.97 Å². The van der Waals surface area contributed by atoms with Crippen LogP contribution < -0.4 is 0 Å². The molecule has 1 heterocycles. The molecule has 0 amide bonds. The minimum absolute atomic E-state index is 0.0764. The highest BCUT2D eigenvalue weighted by Crippen LogP contribution is 2.53. The second kappa shape index (κ2) is 14.9. The van der Waals surface area contributed by atoms with E-state index in [2.05, 4.69) is 232 Å². The molecule has 0 aliphatic heterocycles. The third-order valence-electron chi connectivity index (χ3n) is 12.5. The molecule has 1 aromatic heterocycles. The third-order valence-corrected chi connectivity index (χ3v) is 12.5. The first-order valence-electron chi connectivity index (χ1n) is 21.1. The van der Waals surface area contributed by atoms with Crippen molar-refractivity contribution in [2.24, 2.45) is 0 Å². The second-order valence-corrected chi connectivity index (χ2v) is 16.5. The Morgan fingerprint density at radius 1 is 0.295 bits per heavy atom. The summed E-state index contributed by atoms with van der Waals surface area (Å²) in [6.45, 7) is 4.72. The van der Waals surface area contributed by atoms with E-state index < -0.39 is 0 Å². The standard InChI is InChI=1S/C59H42N2/c1-59(2)53-27-15-26-49(57(53)52-36-45-20-9-10-21-46(45)37-54(52)59)43-32-28-39(29-33-43)40-30-34-44(35-31-40)58-60-55(50-24-13-11-22-47(50)41-16-5-3-6-17-41)38-56(61-58)51-25-14-12-23-48(51)42-18-7-4-8-19-42/h3-38H,1-2H3. The van der Waals surface area contributed by atoms with Gasteiger partial charge in [0.25, 0.3) is 0 Å². The fraction of sp³-hybridized carbons (Fsp3) is 0.0508. The summed E-state index contributed by atoms with van der Waals surface area (Å²) < 4.78 is 0. The Bertz CT molecular complexity index is 3130. The normalized spacial score (nSPS) is 12.6. The van der Waals surface area contributed by atoms with Crippen molar-refractivity contribution in [3.05, 3.63) is 230 Å². The van der Waals surface area contributed by atoms with Crippen molar-refractivity contribution in [2.75, 3.05) is 0 Å². The summed E-state index contributed by atoms with van der Waals surface area (Å²) in [7, 11) is 0. The minimum Gasteiger partial charge on any atom is -0.228 e. The molecule has 0 radical (unpaired) electrons. The Morgan fingerprint density at radius 2 is 0.721 bits per heavy atom. The summed E-state index contributed by atoms with van der Waals surface area (Å²) in [5.74, 6) is 0.689. The molecule has 61 heavy (non-hydrogen) atoms. The lowest BCUT2D eigenvalue weighted by atomic mass is 9.81. The monoisotopic (exact) mass is 778 g/mol. The molecule has 0 bridgehead atoms. The van der Waals surface area contributed by atoms with Gasteiger partial charge in [-0.15, -0.1) is 0 Å². The first-order chi connectivity index (χ1) is 30.0. The lowest BCUT2D eigenvalue weighted by Crippen LogP contribution is -2.14. The van der Waals surface area contributed by atoms with E-state index in [0.29, 0.717) is 5.82 Å². The third kappa shape index (κ3) is 6.45. The minimum atomic E-state index is -0.0764. The molecular weight excluding hydrogens is 737 g/mol. The number of hydrogen-bond acceptors (Lipinski definition) is 2. The van der Waals surface area contributed by atoms with Crippen molar-refractivity contribution in [2.45, 2.75) is 19.3 Å². The van der Waals surface area contributed by atoms with Crippen molar-refractivity contribution in [3.63, 3.8) is 0 Å². The Balaban J connectivity index is 0.970. The van der Waals surface area contributed by atoms with Crippen LogP contribution in [-0.4, -0.2) is 9.97 Å². The summed E-state index contributed by atoms with van der Waals surface area (Å²) in [4.78, 5) is 10.6. The molecular formula is C59H42N2. The molecule has 0 saturated carbocycles. The van der Waals surface area contributed by atoms with Crippen LogP contribution in [0.2, 0.25) is 0 Å². The molecule has 9 aromatic carbocycles. The summed E-state index contributed by atoms with van der Waals surface area (Å²) in [6, 6.07) is 78.4. The van der Waals surface area contributed by atoms with E-state index in [0.717, 1.165) is 55.9 Å². The molecule has 1 aliphatic carbocycles. The summed E-state index contributed by atoms with van der Waals surface area (Å²) >= 11 is 0. The van der Waals surface area contributed by atoms with E-state index in [1.165, 1.54) is 49.7 Å². The maximum absolute atomic E-state index is 5.30. The SMILES string of the molecule is CC1(C)c2cc3ccccc3cc2-c2c(-c3ccc(-c4ccc(-c5nc(-c6ccccc6-c6ccccc6)cc(-c6ccccc6-c6ccccc6)n5)cc4)cc3)cccc21. The van der Waals surface area contributed by atoms with Gasteiger partial charge in [0.05, 0.1) is 11.4 Å². The fourth-order valence-corrected chi connectivity index (χ4v) is 9.37. The van der Waals surface area contributed by atoms with Crippen LogP contribution in [-0.2, 0) is 5.41 Å². The molecule has 0 N–H and O–H groups in total. The van der Waals surface area contributed by atoms with Crippen molar-refractivity contribution < 1.29 is 0 Å². The zero-order valence-electron chi connectivity index (χ0n) is 34.2. The Hall–Kier alpha value is -7.68. The van der Waals surface area contributed by atoms with Crippen molar-refractivity contribution >= 4 is 10.8 Å². The van der Waals surface area contributed by atoms with Gasteiger partial charge in [-0.1, -0.05) is 214 Å². The van der Waals surface area contributed by atoms with E-state index in [1.54, 1.807) is 0 Å². The Kier molecular flexibility index (Phi) is 8.86. The molecule has 10 aromatic rings. The van der Waals surface area contributed by atoms with Crippen LogP contribution in [0, 0.1) is 0 Å². The van der Waals surface area contributed by atoms with Gasteiger partial charge >= 0.3 is 0 Å². The van der Waals surface area contributed by atoms with Gasteiger partial charge in [-0.05, 0) is 95.7 Å². The molecule has 288 valence electrons. The van der Waals surface area contributed by atoms with E-state index in [-0.39, 0.29) is 5.41 Å². The highest BCUT2D eigenvalue weighted by atomic mass is 14.9. The molecule has 2 heteroatoms. The van der Waals surface area contributed by atoms with Gasteiger partial charge in [-0.3, -0.25) is 0 Å². The number of nitrogens with zero attached hydrogens (tertiary/aromatic N) is 2. The van der Waals surface area contributed by atoms with Gasteiger partial charge in [-0.2, -0.15) is 0 Å². The van der Waals surface area contributed by atoms with Gasteiger partial charge in [0.15, 0.2) is 5.82 Å². The number of hydrogen-bond donors (Lipinski definition) is 0. The van der Waals surface area contributed by atoms with E-state index >= 15 is 0 Å². The van der Waals surface area contributed by atoms with Crippen LogP contribution >= 0.6 is 0 Å². The zero-order valence-corrected chi connectivity index (χ0v) is 34.2. The van der Waals surface area contributed by atoms with Crippen LogP contribution in [0.15, 0.2) is 218 Å². The predicted molar refractivity (Wildman–Crippen MR) is 255 cm³/mol. The summed E-state index contributed by atoms with van der Waals surface area (Å²) in [5.41, 5.74) is 19.6. The molecule has 2 nitrogen and oxygen atoms in total. The lowest BCUT2D eigenvalue weighted by Gasteiger charge is -2.22. The number of fused-ring (bicyclic) bond motifs is 4. The Morgan fingerprint density at radius 3 is 1.28 bits per heavy atom. The maximum Gasteiger partial charge on any atom is 0.160 e. The van der Waals surface area contributed by atoms with Crippen LogP contribution in [0.5, 0.6) is 0 Å². The maximum atomic E-state index is 5.30. The van der Waals surface area contributed by atoms with E-state index in [4.69, 9.17) is 9.97 Å². The summed E-state index contributed by atoms with van der Waals surface area (Å²) in [5, 5.41) is 2.57. The topological polar surface area (TPSA) is 25.8 Å². The van der Waals surface area contributed by atoms with Crippen molar-refractivity contribution in [1.29, 1.82) is 0 Å². The van der Waals surface area contributed by atoms with E-state index in [1.807, 2.05) is 0 Å². The summed E-state index contributed by atoms with van der Waals surface area (Å²) in [6.07, 6.45) is 0. The average Bonchev–Trinajstić information content (AvgIpc) is 3.56. The van der Waals surface area contributed by atoms with Gasteiger partial charge in [0.1, 0.15) is 0 Å². The second-order valence-electron chi connectivity index (χ2n) is 16.5. The van der Waals surface area contributed by atoms with Crippen molar-refractivity contribution in [3.8, 4) is 89.5 Å². The fourth-order valence-electron chi connectivity index (χ4n) is 9.37. The molecule has 0 unspecified atom stereocenters. The first-order valence-corrected chi connectivity index (χ1v) is 21.1. The molecule has 0 atom stereocenters. The number of benzene rings is 9. The lowest BCUT2D eigenvalue weighted by molar-refractivity contribution is 0.661. The van der Waals surface area contributed by atoms with Crippen LogP contribution in [0.1, 0.15) is 25.0 Å². The number of rotatable bonds is 7. The quantitative estimate of drug-likeness (QED) is 0.161. The smallest absolute Gasteiger partial charge is 0.160 e. The highest BCUT2D eigenvalue weighted by Gasteiger charge is 2.37. The van der Waals surface area contributed by atoms with Crippen molar-refractivity contribution in [1.82, 2.24) is 9.97 Å². The number of aromatic nitrogens is 2. The molecule has 0 spiro atoms. The predicted octanol–water partition coefficient (Wildman–Crippen LogP) is 15.6. The van der Waals surface area contributed by atoms with E-state index in [9.17, 15) is 0 Å². The van der Waals surface area contributed by atoms with Crippen LogP contribution in [0.3, 0.4) is 0 Å². The average molecular weight is 779 g/mol. The Labute approximate surface area is 357 Å². The van der Waals surface area contributed by atoms with Crippen LogP contribution in [0.25, 0.3) is 100 Å². The zero-order chi connectivity index (χ0) is 40.9. The van der Waals surface area contributed by atoms with Crippen LogP contribution in [0.4, 0.5) is 0 Å².